The molecule has 2 aromatic rings. The van der Waals surface area contributed by atoms with Crippen LogP contribution in [-0.4, -0.2) is 23.1 Å². The van der Waals surface area contributed by atoms with Crippen LogP contribution in [-0.2, 0) is 16.0 Å². The van der Waals surface area contributed by atoms with E-state index in [0.717, 1.165) is 30.4 Å². The molecule has 1 atom stereocenters. The maximum absolute atomic E-state index is 12.7. The Labute approximate surface area is 153 Å². The number of rotatable bonds is 5. The quantitative estimate of drug-likeness (QED) is 0.735. The van der Waals surface area contributed by atoms with Crippen LogP contribution in [0.25, 0.3) is 0 Å². The highest BCUT2D eigenvalue weighted by Crippen LogP contribution is 2.31. The predicted octanol–water partition coefficient (Wildman–Crippen LogP) is 4.60. The highest BCUT2D eigenvalue weighted by molar-refractivity contribution is 6.36. The van der Waals surface area contributed by atoms with Crippen LogP contribution in [0.4, 0.5) is 0 Å². The van der Waals surface area contributed by atoms with Crippen LogP contribution < -0.4 is 0 Å². The number of nitrogens with zero attached hydrogens (tertiary/aromatic N) is 1. The van der Waals surface area contributed by atoms with Gasteiger partial charge in [0.1, 0.15) is 0 Å². The zero-order valence-electron chi connectivity index (χ0n) is 14.2. The number of hydrogen-bond donors (Lipinski definition) is 0. The molecule has 2 aromatic carbocycles. The van der Waals surface area contributed by atoms with E-state index in [2.05, 4.69) is 0 Å². The van der Waals surface area contributed by atoms with E-state index in [9.17, 15) is 9.59 Å². The summed E-state index contributed by atoms with van der Waals surface area (Å²) in [6.07, 6.45) is 3.76. The van der Waals surface area contributed by atoms with Gasteiger partial charge in [-0.25, -0.2) is 0 Å². The van der Waals surface area contributed by atoms with Crippen molar-refractivity contribution in [3.8, 4) is 0 Å². The maximum atomic E-state index is 12.7. The Hall–Kier alpha value is -2.13. The number of carbonyl (C=O) groups excluding carboxylic acids is 2. The average molecular weight is 356 g/mol. The summed E-state index contributed by atoms with van der Waals surface area (Å²) < 4.78 is 0. The first-order valence-corrected chi connectivity index (χ1v) is 9.16. The highest BCUT2D eigenvalue weighted by Gasteiger charge is 2.31. The highest BCUT2D eigenvalue weighted by atomic mass is 35.5. The molecular weight excluding hydrogens is 334 g/mol. The van der Waals surface area contributed by atoms with Gasteiger partial charge in [-0.1, -0.05) is 54.1 Å². The lowest BCUT2D eigenvalue weighted by atomic mass is 9.94. The molecule has 130 valence electrons. The average Bonchev–Trinajstić information content (AvgIpc) is 2.67. The Balaban J connectivity index is 1.65. The molecule has 0 N–H and O–H groups in total. The molecule has 0 radical (unpaired) electrons. The van der Waals surface area contributed by atoms with Crippen molar-refractivity contribution >= 4 is 23.3 Å². The van der Waals surface area contributed by atoms with Crippen LogP contribution in [0.1, 0.15) is 42.9 Å². The molecule has 0 saturated carbocycles. The summed E-state index contributed by atoms with van der Waals surface area (Å²) in [6.45, 7) is 0.658. The summed E-state index contributed by atoms with van der Waals surface area (Å²) in [5.41, 5.74) is 2.13. The van der Waals surface area contributed by atoms with Gasteiger partial charge in [0, 0.05) is 18.0 Å². The number of Topliss-reactive ketones (excluding diaryl/α,β-unsaturated/α-hetero) is 1. The third-order valence-corrected chi connectivity index (χ3v) is 4.99. The molecule has 1 heterocycles. The Morgan fingerprint density at radius 1 is 1.00 bits per heavy atom. The van der Waals surface area contributed by atoms with Gasteiger partial charge in [0.25, 0.3) is 5.91 Å². The number of benzene rings is 2. The van der Waals surface area contributed by atoms with Gasteiger partial charge in [-0.3, -0.25) is 9.59 Å². The molecule has 3 nitrogen and oxygen atoms in total. The standard InChI is InChI=1S/C21H22ClNO2/c22-18-12-9-16(10-13-18)11-14-20(24)21(25)23-15-5-4-8-19(23)17-6-2-1-3-7-17/h1-3,6-7,9-10,12-13,19H,4-5,8,11,14-15H2/t19-/m0/s1. The lowest BCUT2D eigenvalue weighted by molar-refractivity contribution is -0.147. The van der Waals surface area contributed by atoms with Crippen molar-refractivity contribution in [1.82, 2.24) is 4.90 Å². The van der Waals surface area contributed by atoms with Crippen molar-refractivity contribution < 1.29 is 9.59 Å². The molecule has 0 spiro atoms. The van der Waals surface area contributed by atoms with E-state index in [-0.39, 0.29) is 24.2 Å². The molecule has 0 aliphatic carbocycles. The van der Waals surface area contributed by atoms with Crippen molar-refractivity contribution in [2.75, 3.05) is 6.54 Å². The second kappa shape index (κ2) is 8.30. The van der Waals surface area contributed by atoms with E-state index in [1.165, 1.54) is 0 Å². The van der Waals surface area contributed by atoms with Gasteiger partial charge in [0.15, 0.2) is 0 Å². The first-order chi connectivity index (χ1) is 12.1. The Morgan fingerprint density at radius 2 is 1.72 bits per heavy atom. The van der Waals surface area contributed by atoms with Gasteiger partial charge in [-0.15, -0.1) is 0 Å². The van der Waals surface area contributed by atoms with E-state index in [1.807, 2.05) is 42.5 Å². The molecule has 1 amide bonds. The van der Waals surface area contributed by atoms with Crippen LogP contribution in [0.15, 0.2) is 54.6 Å². The Bertz CT molecular complexity index is 727. The van der Waals surface area contributed by atoms with E-state index >= 15 is 0 Å². The molecule has 0 unspecified atom stereocenters. The largest absolute Gasteiger partial charge is 0.329 e. The minimum Gasteiger partial charge on any atom is -0.329 e. The summed E-state index contributed by atoms with van der Waals surface area (Å²) in [5, 5.41) is 0.671. The summed E-state index contributed by atoms with van der Waals surface area (Å²) in [5.74, 6) is -0.653. The van der Waals surface area contributed by atoms with Crippen molar-refractivity contribution in [3.05, 3.63) is 70.7 Å². The molecule has 25 heavy (non-hydrogen) atoms. The van der Waals surface area contributed by atoms with Gasteiger partial charge >= 0.3 is 0 Å². The van der Waals surface area contributed by atoms with Crippen LogP contribution in [0.2, 0.25) is 5.02 Å². The lowest BCUT2D eigenvalue weighted by Gasteiger charge is -2.35. The molecule has 4 heteroatoms. The van der Waals surface area contributed by atoms with Gasteiger partial charge in [-0.05, 0) is 48.9 Å². The number of piperidine rings is 1. The van der Waals surface area contributed by atoms with Crippen LogP contribution in [0.5, 0.6) is 0 Å². The number of amides is 1. The van der Waals surface area contributed by atoms with Gasteiger partial charge in [-0.2, -0.15) is 0 Å². The predicted molar refractivity (Wildman–Crippen MR) is 99.5 cm³/mol. The zero-order valence-corrected chi connectivity index (χ0v) is 14.9. The molecule has 1 saturated heterocycles. The molecule has 0 bridgehead atoms. The van der Waals surface area contributed by atoms with E-state index in [0.29, 0.717) is 18.0 Å². The number of hydrogen-bond acceptors (Lipinski definition) is 2. The van der Waals surface area contributed by atoms with Crippen LogP contribution in [0, 0.1) is 0 Å². The SMILES string of the molecule is O=C(CCc1ccc(Cl)cc1)C(=O)N1CCCC[C@H]1c1ccccc1. The minimum absolute atomic E-state index is 0.0157. The zero-order chi connectivity index (χ0) is 17.6. The second-order valence-electron chi connectivity index (χ2n) is 6.47. The number of halogens is 1. The third-order valence-electron chi connectivity index (χ3n) is 4.74. The molecular formula is C21H22ClNO2. The topological polar surface area (TPSA) is 37.4 Å². The number of likely N-dealkylation sites (tertiary alicyclic amines) is 1. The first kappa shape index (κ1) is 17.7. The molecule has 1 aliphatic heterocycles. The smallest absolute Gasteiger partial charge is 0.290 e. The summed E-state index contributed by atoms with van der Waals surface area (Å²) >= 11 is 5.87. The van der Waals surface area contributed by atoms with Crippen LogP contribution in [0.3, 0.4) is 0 Å². The van der Waals surface area contributed by atoms with Gasteiger partial charge < -0.3 is 4.90 Å². The first-order valence-electron chi connectivity index (χ1n) is 8.78. The second-order valence-corrected chi connectivity index (χ2v) is 6.91. The Kier molecular flexibility index (Phi) is 5.87. The van der Waals surface area contributed by atoms with Gasteiger partial charge in [0.05, 0.1) is 6.04 Å². The number of ketones is 1. The molecule has 0 aromatic heterocycles. The summed E-state index contributed by atoms with van der Waals surface area (Å²) in [4.78, 5) is 26.9. The van der Waals surface area contributed by atoms with Crippen molar-refractivity contribution in [2.45, 2.75) is 38.1 Å². The monoisotopic (exact) mass is 355 g/mol. The fourth-order valence-electron chi connectivity index (χ4n) is 3.37. The minimum atomic E-state index is -0.345. The lowest BCUT2D eigenvalue weighted by Crippen LogP contribution is -2.42. The summed E-state index contributed by atoms with van der Waals surface area (Å²) in [6, 6.07) is 17.4. The van der Waals surface area contributed by atoms with E-state index < -0.39 is 0 Å². The maximum Gasteiger partial charge on any atom is 0.290 e. The van der Waals surface area contributed by atoms with E-state index in [1.54, 1.807) is 17.0 Å². The molecule has 3 rings (SSSR count). The van der Waals surface area contributed by atoms with Crippen molar-refractivity contribution in [3.63, 3.8) is 0 Å². The van der Waals surface area contributed by atoms with Crippen molar-refractivity contribution in [1.29, 1.82) is 0 Å². The molecule has 1 aliphatic rings. The van der Waals surface area contributed by atoms with Crippen LogP contribution >= 0.6 is 11.6 Å². The summed E-state index contributed by atoms with van der Waals surface area (Å²) in [7, 11) is 0. The number of aryl methyl sites for hydroxylation is 1. The third kappa shape index (κ3) is 4.49. The fourth-order valence-corrected chi connectivity index (χ4v) is 3.50. The van der Waals surface area contributed by atoms with Gasteiger partial charge in [0.2, 0.25) is 5.78 Å². The number of carbonyl (C=O) groups is 2. The van der Waals surface area contributed by atoms with E-state index in [4.69, 9.17) is 11.6 Å². The normalized spacial score (nSPS) is 17.3. The van der Waals surface area contributed by atoms with Crippen molar-refractivity contribution in [2.24, 2.45) is 0 Å². The molecule has 1 fully saturated rings. The Morgan fingerprint density at radius 3 is 2.44 bits per heavy atom. The fraction of sp³-hybridized carbons (Fsp3) is 0.333.